The average molecular weight is 382 g/mol. The third-order valence-electron chi connectivity index (χ3n) is 3.77. The number of hydrogen-bond acceptors (Lipinski definition) is 2. The van der Waals surface area contributed by atoms with Crippen molar-refractivity contribution in [3.8, 4) is 0 Å². The Morgan fingerprint density at radius 1 is 1.12 bits per heavy atom. The van der Waals surface area contributed by atoms with Gasteiger partial charge in [0.1, 0.15) is 12.4 Å². The minimum Gasteiger partial charge on any atom is -0.323 e. The van der Waals surface area contributed by atoms with Gasteiger partial charge in [0.05, 0.1) is 10.7 Å². The first-order chi connectivity index (χ1) is 11.9. The molecule has 0 spiro atoms. The van der Waals surface area contributed by atoms with Crippen molar-refractivity contribution in [2.24, 2.45) is 0 Å². The summed E-state index contributed by atoms with van der Waals surface area (Å²) >= 11 is 11.9. The van der Waals surface area contributed by atoms with Crippen LogP contribution in [-0.4, -0.2) is 36.5 Å². The van der Waals surface area contributed by atoms with Crippen LogP contribution < -0.4 is 10.2 Å². The Morgan fingerprint density at radius 3 is 2.56 bits per heavy atom. The lowest BCUT2D eigenvalue weighted by molar-refractivity contribution is -0.116. The first kappa shape index (κ1) is 17.5. The highest BCUT2D eigenvalue weighted by Gasteiger charge is 2.30. The number of hydrogen-bond donors (Lipinski definition) is 1. The number of carbonyl (C=O) groups excluding carboxylic acids is 2. The number of benzene rings is 2. The molecule has 0 saturated carbocycles. The van der Waals surface area contributed by atoms with Gasteiger partial charge in [-0.2, -0.15) is 0 Å². The van der Waals surface area contributed by atoms with Crippen molar-refractivity contribution in [2.45, 2.75) is 0 Å². The number of amides is 3. The predicted octanol–water partition coefficient (Wildman–Crippen LogP) is 4.01. The van der Waals surface area contributed by atoms with E-state index in [4.69, 9.17) is 23.2 Å². The fourth-order valence-corrected chi connectivity index (χ4v) is 2.88. The summed E-state index contributed by atoms with van der Waals surface area (Å²) in [7, 11) is 0. The van der Waals surface area contributed by atoms with E-state index in [2.05, 4.69) is 5.32 Å². The monoisotopic (exact) mass is 381 g/mol. The van der Waals surface area contributed by atoms with Gasteiger partial charge in [0.25, 0.3) is 0 Å². The van der Waals surface area contributed by atoms with Gasteiger partial charge in [-0.25, -0.2) is 9.18 Å². The maximum atomic E-state index is 13.0. The topological polar surface area (TPSA) is 52.7 Å². The zero-order valence-electron chi connectivity index (χ0n) is 13.0. The number of anilines is 2. The number of carbonyl (C=O) groups is 2. The highest BCUT2D eigenvalue weighted by atomic mass is 35.5. The first-order valence-corrected chi connectivity index (χ1v) is 8.26. The van der Waals surface area contributed by atoms with E-state index >= 15 is 0 Å². The molecule has 0 aromatic heterocycles. The van der Waals surface area contributed by atoms with Crippen LogP contribution in [-0.2, 0) is 4.79 Å². The van der Waals surface area contributed by atoms with Crippen LogP contribution in [0.2, 0.25) is 10.0 Å². The smallest absolute Gasteiger partial charge is 0.323 e. The number of nitrogens with zero attached hydrogens (tertiary/aromatic N) is 2. The molecule has 25 heavy (non-hydrogen) atoms. The molecule has 3 amide bonds. The lowest BCUT2D eigenvalue weighted by atomic mass is 10.3. The van der Waals surface area contributed by atoms with Crippen LogP contribution in [0.5, 0.6) is 0 Å². The molecule has 0 atom stereocenters. The van der Waals surface area contributed by atoms with E-state index in [1.165, 1.54) is 34.1 Å². The number of urea groups is 1. The fraction of sp³-hybridized carbons (Fsp3) is 0.176. The summed E-state index contributed by atoms with van der Waals surface area (Å²) < 4.78 is 13.0. The van der Waals surface area contributed by atoms with Gasteiger partial charge in [-0.05, 0) is 42.5 Å². The molecule has 0 aliphatic carbocycles. The Morgan fingerprint density at radius 2 is 1.84 bits per heavy atom. The predicted molar refractivity (Wildman–Crippen MR) is 95.8 cm³/mol. The standard InChI is InChI=1S/C17H14Cl2FN3O2/c18-11-1-6-14(19)15(9-11)21-16(24)10-22-7-8-23(17(22)25)13-4-2-12(20)3-5-13/h1-6,9H,7-8,10H2,(H,21,24). The second kappa shape index (κ2) is 7.29. The van der Waals surface area contributed by atoms with Crippen LogP contribution in [0.15, 0.2) is 42.5 Å². The third kappa shape index (κ3) is 4.03. The van der Waals surface area contributed by atoms with Crippen LogP contribution in [0.3, 0.4) is 0 Å². The van der Waals surface area contributed by atoms with E-state index < -0.39 is 0 Å². The summed E-state index contributed by atoms with van der Waals surface area (Å²) in [5.41, 5.74) is 0.980. The maximum absolute atomic E-state index is 13.0. The molecule has 2 aromatic rings. The van der Waals surface area contributed by atoms with Crippen LogP contribution >= 0.6 is 23.2 Å². The molecule has 1 aliphatic heterocycles. The highest BCUT2D eigenvalue weighted by Crippen LogP contribution is 2.25. The maximum Gasteiger partial charge on any atom is 0.325 e. The molecule has 1 aliphatic rings. The molecule has 130 valence electrons. The van der Waals surface area contributed by atoms with Crippen molar-refractivity contribution in [3.05, 3.63) is 58.3 Å². The van der Waals surface area contributed by atoms with Crippen LogP contribution in [0.25, 0.3) is 0 Å². The Hall–Kier alpha value is -2.31. The molecular weight excluding hydrogens is 368 g/mol. The quantitative estimate of drug-likeness (QED) is 0.869. The summed E-state index contributed by atoms with van der Waals surface area (Å²) in [4.78, 5) is 27.5. The Bertz CT molecular complexity index is 814. The van der Waals surface area contributed by atoms with Gasteiger partial charge < -0.3 is 10.2 Å². The lowest BCUT2D eigenvalue weighted by Gasteiger charge is -2.18. The summed E-state index contributed by atoms with van der Waals surface area (Å²) in [6.45, 7) is 0.710. The lowest BCUT2D eigenvalue weighted by Crippen LogP contribution is -2.37. The van der Waals surface area contributed by atoms with E-state index in [9.17, 15) is 14.0 Å². The summed E-state index contributed by atoms with van der Waals surface area (Å²) in [5.74, 6) is -0.747. The van der Waals surface area contributed by atoms with Gasteiger partial charge in [-0.15, -0.1) is 0 Å². The molecule has 1 fully saturated rings. The SMILES string of the molecule is O=C(CN1CCN(c2ccc(F)cc2)C1=O)Nc1cc(Cl)ccc1Cl. The number of rotatable bonds is 4. The summed E-state index contributed by atoms with van der Waals surface area (Å²) in [6.07, 6.45) is 0. The van der Waals surface area contributed by atoms with Gasteiger partial charge in [0, 0.05) is 23.8 Å². The highest BCUT2D eigenvalue weighted by molar-refractivity contribution is 6.35. The number of halogens is 3. The Balaban J connectivity index is 1.63. The van der Waals surface area contributed by atoms with Gasteiger partial charge in [-0.1, -0.05) is 23.2 Å². The molecule has 3 rings (SSSR count). The summed E-state index contributed by atoms with van der Waals surface area (Å²) in [6, 6.07) is 10.1. The second-order valence-corrected chi connectivity index (χ2v) is 6.35. The molecule has 2 aromatic carbocycles. The average Bonchev–Trinajstić information content (AvgIpc) is 2.92. The van der Waals surface area contributed by atoms with E-state index in [1.54, 1.807) is 18.2 Å². The van der Waals surface area contributed by atoms with Crippen molar-refractivity contribution in [1.29, 1.82) is 0 Å². The third-order valence-corrected chi connectivity index (χ3v) is 4.33. The second-order valence-electron chi connectivity index (χ2n) is 5.50. The van der Waals surface area contributed by atoms with E-state index in [0.717, 1.165) is 0 Å². The van der Waals surface area contributed by atoms with Gasteiger partial charge >= 0.3 is 6.03 Å². The molecule has 1 heterocycles. The van der Waals surface area contributed by atoms with Crippen molar-refractivity contribution in [3.63, 3.8) is 0 Å². The van der Waals surface area contributed by atoms with Crippen molar-refractivity contribution in [1.82, 2.24) is 4.90 Å². The molecule has 1 N–H and O–H groups in total. The van der Waals surface area contributed by atoms with Crippen LogP contribution in [0, 0.1) is 5.82 Å². The molecule has 8 heteroatoms. The zero-order valence-corrected chi connectivity index (χ0v) is 14.5. The molecule has 1 saturated heterocycles. The van der Waals surface area contributed by atoms with E-state index in [1.807, 2.05) is 0 Å². The minimum absolute atomic E-state index is 0.112. The van der Waals surface area contributed by atoms with Crippen molar-refractivity contribution in [2.75, 3.05) is 29.9 Å². The Kier molecular flexibility index (Phi) is 5.11. The minimum atomic E-state index is -0.376. The summed E-state index contributed by atoms with van der Waals surface area (Å²) in [5, 5.41) is 3.45. The molecular formula is C17H14Cl2FN3O2. The molecule has 0 bridgehead atoms. The van der Waals surface area contributed by atoms with E-state index in [0.29, 0.717) is 34.5 Å². The van der Waals surface area contributed by atoms with E-state index in [-0.39, 0.29) is 24.3 Å². The first-order valence-electron chi connectivity index (χ1n) is 7.51. The van der Waals surface area contributed by atoms with Gasteiger partial charge in [0.15, 0.2) is 0 Å². The molecule has 0 unspecified atom stereocenters. The Labute approximate surface area is 153 Å². The molecule has 5 nitrogen and oxygen atoms in total. The zero-order chi connectivity index (χ0) is 18.0. The van der Waals surface area contributed by atoms with Crippen molar-refractivity contribution < 1.29 is 14.0 Å². The van der Waals surface area contributed by atoms with Crippen molar-refractivity contribution >= 4 is 46.5 Å². The fourth-order valence-electron chi connectivity index (χ4n) is 2.55. The normalized spacial score (nSPS) is 14.1. The van der Waals surface area contributed by atoms with Crippen LogP contribution in [0.1, 0.15) is 0 Å². The van der Waals surface area contributed by atoms with Gasteiger partial charge in [-0.3, -0.25) is 9.69 Å². The van der Waals surface area contributed by atoms with Crippen LogP contribution in [0.4, 0.5) is 20.6 Å². The number of nitrogens with one attached hydrogen (secondary N) is 1. The molecule has 0 radical (unpaired) electrons. The largest absolute Gasteiger partial charge is 0.325 e. The van der Waals surface area contributed by atoms with Gasteiger partial charge in [0.2, 0.25) is 5.91 Å².